The Balaban J connectivity index is 2.40. The Labute approximate surface area is 53.2 Å². The van der Waals surface area contributed by atoms with Crippen LogP contribution in [-0.4, -0.2) is 16.6 Å². The first-order chi connectivity index (χ1) is 4.12. The van der Waals surface area contributed by atoms with Crippen molar-refractivity contribution in [3.63, 3.8) is 0 Å². The molecule has 1 rings (SSSR count). The van der Waals surface area contributed by atoms with Crippen LogP contribution in [0.1, 0.15) is 12.8 Å². The minimum absolute atomic E-state index is 0.279. The number of carbonyl (C=O) groups is 1. The summed E-state index contributed by atoms with van der Waals surface area (Å²) in [5, 5.41) is 8.16. The molecule has 0 amide bonds. The van der Waals surface area contributed by atoms with Crippen LogP contribution in [0, 0.1) is 0 Å². The van der Waals surface area contributed by atoms with Gasteiger partial charge in [0.05, 0.1) is 0 Å². The number of aliphatic carboxylic acids is 1. The average molecular weight is 127 g/mol. The number of carboxylic acids is 1. The lowest BCUT2D eigenvalue weighted by molar-refractivity contribution is -0.131. The second-order valence-electron chi connectivity index (χ2n) is 2.40. The first-order valence-corrected chi connectivity index (χ1v) is 2.83. The van der Waals surface area contributed by atoms with Crippen molar-refractivity contribution in [3.8, 4) is 0 Å². The lowest BCUT2D eigenvalue weighted by atomic mass is 10.3. The molecule has 0 aromatic carbocycles. The van der Waals surface area contributed by atoms with Gasteiger partial charge in [0.1, 0.15) is 0 Å². The van der Waals surface area contributed by atoms with Crippen LogP contribution in [0.5, 0.6) is 0 Å². The maximum absolute atomic E-state index is 9.93. The maximum Gasteiger partial charge on any atom is 0.328 e. The third-order valence-corrected chi connectivity index (χ3v) is 1.39. The number of rotatable bonds is 2. The second kappa shape index (κ2) is 1.84. The van der Waals surface area contributed by atoms with Crippen LogP contribution in [0.4, 0.5) is 0 Å². The fourth-order valence-electron chi connectivity index (χ4n) is 0.548. The van der Waals surface area contributed by atoms with Crippen molar-refractivity contribution < 1.29 is 9.90 Å². The molecule has 9 heavy (non-hydrogen) atoms. The van der Waals surface area contributed by atoms with Gasteiger partial charge in [-0.3, -0.25) is 0 Å². The first-order valence-electron chi connectivity index (χ1n) is 2.83. The summed E-state index contributed by atoms with van der Waals surface area (Å²) in [5.41, 5.74) is 5.27. The largest absolute Gasteiger partial charge is 0.478 e. The summed E-state index contributed by atoms with van der Waals surface area (Å²) in [6.07, 6.45) is 4.48. The van der Waals surface area contributed by atoms with E-state index in [0.717, 1.165) is 18.9 Å². The molecule has 0 saturated heterocycles. The molecule has 1 fully saturated rings. The van der Waals surface area contributed by atoms with Gasteiger partial charge in [-0.1, -0.05) is 6.08 Å². The Morgan fingerprint density at radius 3 is 2.56 bits per heavy atom. The zero-order valence-electron chi connectivity index (χ0n) is 5.00. The van der Waals surface area contributed by atoms with E-state index in [-0.39, 0.29) is 5.54 Å². The van der Waals surface area contributed by atoms with Crippen molar-refractivity contribution >= 4 is 5.97 Å². The van der Waals surface area contributed by atoms with E-state index in [1.54, 1.807) is 6.08 Å². The smallest absolute Gasteiger partial charge is 0.328 e. The minimum atomic E-state index is -0.924. The van der Waals surface area contributed by atoms with Crippen LogP contribution < -0.4 is 5.73 Å². The molecule has 0 aliphatic heterocycles. The molecule has 1 saturated carbocycles. The molecule has 0 spiro atoms. The van der Waals surface area contributed by atoms with Crippen LogP contribution in [0.25, 0.3) is 0 Å². The van der Waals surface area contributed by atoms with Gasteiger partial charge in [0.25, 0.3) is 0 Å². The average Bonchev–Trinajstić information content (AvgIpc) is 2.45. The lowest BCUT2D eigenvalue weighted by Gasteiger charge is -1.95. The molecular formula is C6H9NO2. The van der Waals surface area contributed by atoms with Gasteiger partial charge in [-0.15, -0.1) is 0 Å². The predicted molar refractivity (Wildman–Crippen MR) is 32.9 cm³/mol. The van der Waals surface area contributed by atoms with Gasteiger partial charge in [-0.2, -0.15) is 0 Å². The minimum Gasteiger partial charge on any atom is -0.478 e. The highest BCUT2D eigenvalue weighted by Gasteiger charge is 2.35. The third-order valence-electron chi connectivity index (χ3n) is 1.39. The van der Waals surface area contributed by atoms with E-state index in [4.69, 9.17) is 10.8 Å². The number of hydrogen-bond donors (Lipinski definition) is 2. The van der Waals surface area contributed by atoms with E-state index in [9.17, 15) is 4.79 Å². The Kier molecular flexibility index (Phi) is 1.29. The van der Waals surface area contributed by atoms with Crippen LogP contribution in [0.15, 0.2) is 12.2 Å². The molecule has 1 aliphatic carbocycles. The Morgan fingerprint density at radius 1 is 1.67 bits per heavy atom. The normalized spacial score (nSPS) is 22.3. The SMILES string of the molecule is NC1(C=CC(=O)O)CC1. The van der Waals surface area contributed by atoms with Gasteiger partial charge in [0.15, 0.2) is 0 Å². The van der Waals surface area contributed by atoms with E-state index in [0.29, 0.717) is 0 Å². The highest BCUT2D eigenvalue weighted by molar-refractivity contribution is 5.80. The van der Waals surface area contributed by atoms with Crippen molar-refractivity contribution in [2.45, 2.75) is 18.4 Å². The molecule has 0 heterocycles. The molecule has 0 atom stereocenters. The molecule has 0 aromatic heterocycles. The summed E-state index contributed by atoms with van der Waals surface area (Å²) in [5.74, 6) is -0.924. The number of nitrogens with two attached hydrogens (primary N) is 1. The standard InChI is InChI=1S/C6H9NO2/c7-6(3-4-6)2-1-5(8)9/h1-2H,3-4,7H2,(H,8,9). The quantitative estimate of drug-likeness (QED) is 0.518. The fraction of sp³-hybridized carbons (Fsp3) is 0.500. The Morgan fingerprint density at radius 2 is 2.22 bits per heavy atom. The Bertz CT molecular complexity index is 158. The van der Waals surface area contributed by atoms with E-state index < -0.39 is 5.97 Å². The summed E-state index contributed by atoms with van der Waals surface area (Å²) in [6.45, 7) is 0. The molecule has 3 N–H and O–H groups in total. The van der Waals surface area contributed by atoms with Gasteiger partial charge < -0.3 is 10.8 Å². The number of carboxylic acid groups (broad SMARTS) is 1. The maximum atomic E-state index is 9.93. The van der Waals surface area contributed by atoms with Gasteiger partial charge in [-0.05, 0) is 12.8 Å². The molecule has 1 aliphatic rings. The lowest BCUT2D eigenvalue weighted by Crippen LogP contribution is -2.17. The molecule has 3 heteroatoms. The van der Waals surface area contributed by atoms with E-state index >= 15 is 0 Å². The zero-order chi connectivity index (χ0) is 6.91. The molecule has 0 unspecified atom stereocenters. The van der Waals surface area contributed by atoms with Crippen LogP contribution in [-0.2, 0) is 4.79 Å². The first kappa shape index (κ1) is 6.29. The fourth-order valence-corrected chi connectivity index (χ4v) is 0.548. The highest BCUT2D eigenvalue weighted by atomic mass is 16.4. The number of hydrogen-bond acceptors (Lipinski definition) is 2. The topological polar surface area (TPSA) is 63.3 Å². The van der Waals surface area contributed by atoms with E-state index in [2.05, 4.69) is 0 Å². The Hall–Kier alpha value is -0.830. The zero-order valence-corrected chi connectivity index (χ0v) is 5.00. The van der Waals surface area contributed by atoms with Crippen molar-refractivity contribution in [2.75, 3.05) is 0 Å². The van der Waals surface area contributed by atoms with Gasteiger partial charge in [-0.25, -0.2) is 4.79 Å². The summed E-state index contributed by atoms with van der Waals surface area (Å²) >= 11 is 0. The van der Waals surface area contributed by atoms with Gasteiger partial charge >= 0.3 is 5.97 Å². The molecule has 3 nitrogen and oxygen atoms in total. The second-order valence-corrected chi connectivity index (χ2v) is 2.40. The van der Waals surface area contributed by atoms with Gasteiger partial charge in [0, 0.05) is 11.6 Å². The summed E-state index contributed by atoms with van der Waals surface area (Å²) in [6, 6.07) is 0. The molecular weight excluding hydrogens is 118 g/mol. The third kappa shape index (κ3) is 1.85. The molecule has 0 bridgehead atoms. The van der Waals surface area contributed by atoms with E-state index in [1.807, 2.05) is 0 Å². The molecule has 0 radical (unpaired) electrons. The molecule has 50 valence electrons. The monoisotopic (exact) mass is 127 g/mol. The summed E-state index contributed by atoms with van der Waals surface area (Å²) in [7, 11) is 0. The summed E-state index contributed by atoms with van der Waals surface area (Å²) in [4.78, 5) is 9.93. The van der Waals surface area contributed by atoms with Crippen molar-refractivity contribution in [1.82, 2.24) is 0 Å². The van der Waals surface area contributed by atoms with Crippen molar-refractivity contribution in [3.05, 3.63) is 12.2 Å². The van der Waals surface area contributed by atoms with E-state index in [1.165, 1.54) is 0 Å². The van der Waals surface area contributed by atoms with Crippen LogP contribution in [0.2, 0.25) is 0 Å². The highest BCUT2D eigenvalue weighted by Crippen LogP contribution is 2.33. The predicted octanol–water partition coefficient (Wildman–Crippen LogP) is 0.118. The molecule has 0 aromatic rings. The summed E-state index contributed by atoms with van der Waals surface area (Å²) < 4.78 is 0. The van der Waals surface area contributed by atoms with Crippen LogP contribution >= 0.6 is 0 Å². The van der Waals surface area contributed by atoms with Crippen molar-refractivity contribution in [1.29, 1.82) is 0 Å². The van der Waals surface area contributed by atoms with Gasteiger partial charge in [0.2, 0.25) is 0 Å². The van der Waals surface area contributed by atoms with Crippen molar-refractivity contribution in [2.24, 2.45) is 5.73 Å². The van der Waals surface area contributed by atoms with Crippen LogP contribution in [0.3, 0.4) is 0 Å².